The van der Waals surface area contributed by atoms with Crippen molar-refractivity contribution in [3.63, 3.8) is 0 Å². The number of aromatic nitrogens is 3. The van der Waals surface area contributed by atoms with Crippen molar-refractivity contribution in [1.82, 2.24) is 15.0 Å². The van der Waals surface area contributed by atoms with Crippen LogP contribution >= 0.6 is 0 Å². The van der Waals surface area contributed by atoms with Crippen molar-refractivity contribution in [2.24, 2.45) is 82.7 Å². The molecule has 684 valence electrons. The van der Waals surface area contributed by atoms with Crippen LogP contribution in [0.4, 0.5) is 4.39 Å². The Labute approximate surface area is 760 Å². The summed E-state index contributed by atoms with van der Waals surface area (Å²) in [5, 5.41) is 100. The third-order valence-corrected chi connectivity index (χ3v) is 41.4. The van der Waals surface area contributed by atoms with Crippen LogP contribution in [-0.4, -0.2) is 78.8 Å². The number of halogens is 1. The molecular formula is C113H138FN3O12. The molecule has 6 aromatic carbocycles. The van der Waals surface area contributed by atoms with Gasteiger partial charge in [0.05, 0.1) is 16.2 Å². The van der Waals surface area contributed by atoms with Crippen molar-refractivity contribution in [3.8, 4) is 34.5 Å². The van der Waals surface area contributed by atoms with Gasteiger partial charge in [0.25, 0.3) is 0 Å². The van der Waals surface area contributed by atoms with Crippen molar-refractivity contribution in [3.05, 3.63) is 210 Å². The van der Waals surface area contributed by atoms with Crippen molar-refractivity contribution in [2.75, 3.05) is 0 Å². The van der Waals surface area contributed by atoms with Crippen LogP contribution in [0.15, 0.2) is 126 Å². The summed E-state index contributed by atoms with van der Waals surface area (Å²) >= 11 is 0. The Balaban J connectivity index is 0.000000126. The normalized spacial score (nSPS) is 38.4. The predicted octanol–water partition coefficient (Wildman–Crippen LogP) is 26.9. The monoisotopic (exact) mass is 1750 g/mol. The van der Waals surface area contributed by atoms with E-state index in [1.54, 1.807) is 18.2 Å². The lowest BCUT2D eigenvalue weighted by Gasteiger charge is -2.70. The van der Waals surface area contributed by atoms with E-state index in [-0.39, 0.29) is 129 Å². The Bertz CT molecular complexity index is 5910. The lowest BCUT2D eigenvalue weighted by atomic mass is 9.34. The lowest BCUT2D eigenvalue weighted by Crippen LogP contribution is -2.62. The zero-order chi connectivity index (χ0) is 92.7. The minimum absolute atomic E-state index is 0.0318. The standard InChI is InChI=1S/2C38H47NO4.C37H44FNO4/c1-21-8-9-27-23(16-21)25(20-39-27)24-17-29-36(5,26-18-28(40)32(41)22(2)31(24)26)13-15-38(7)30-19-35(4,33(42)43)11-10-34(30,3)12-14-37(29,38)6;1-21-9-8-10-23-25(20-39-31(21)23)24-17-28-36(5,26-18-27(40)32(41)22(2)30(24)26)14-16-38(7)29-19-35(4,33(42)43)12-11-34(29,3)13-15-37(28,38)6;1-20-30-23(24-19-39-26-8-7-21(38)15-22(24)26)16-28-35(4,25(30)17-27(40)31(20)41)12-14-37(6)29-18-34(3,32(42)43)10-9-33(29,2)11-13-36(28,37)5/h8-9,16-18,20,24,30,39-41H,10-15,19H2,1-7H3,(H,42,43);8-10,17-18,20,24,29,39-41H,11-16,19H2,1-7H3,(H,42,43);7-8,15-17,19,23,29,39-41H,9-14,18H2,1-6H3,(H,42,43)/t24-,30+,34+,35+,36-,37+,38-;24-,29+,34+,35+,36-,37+,38-;23-,29+,33+,34+,35-,36+,37-/m000/s1. The van der Waals surface area contributed by atoms with Crippen LogP contribution in [0.2, 0.25) is 0 Å². The van der Waals surface area contributed by atoms with Gasteiger partial charge in [-0.3, -0.25) is 14.4 Å². The summed E-state index contributed by atoms with van der Waals surface area (Å²) in [5.74, 6) is -2.20. The topological polar surface area (TPSA) is 281 Å². The van der Waals surface area contributed by atoms with Gasteiger partial charge in [-0.2, -0.15) is 0 Å². The molecule has 12 aliphatic rings. The second kappa shape index (κ2) is 28.4. The fraction of sp³-hybridized carbons (Fsp3) is 0.549. The number of aromatic hydroxyl groups is 6. The minimum atomic E-state index is -0.725. The average Bonchev–Trinajstić information content (AvgIpc) is 1.55. The first-order valence-electron chi connectivity index (χ1n) is 48.2. The molecule has 21 rings (SSSR count). The van der Waals surface area contributed by atoms with Crippen LogP contribution in [-0.2, 0) is 30.6 Å². The number of phenols is 6. The van der Waals surface area contributed by atoms with Crippen LogP contribution in [0.1, 0.15) is 334 Å². The maximum atomic E-state index is 14.6. The fourth-order valence-electron chi connectivity index (χ4n) is 32.0. The van der Waals surface area contributed by atoms with E-state index >= 15 is 0 Å². The Morgan fingerprint density at radius 1 is 0.357 bits per heavy atom. The molecule has 9 aromatic rings. The van der Waals surface area contributed by atoms with Crippen molar-refractivity contribution >= 4 is 50.6 Å². The van der Waals surface area contributed by atoms with E-state index in [0.29, 0.717) is 23.8 Å². The van der Waals surface area contributed by atoms with Gasteiger partial charge in [0.15, 0.2) is 34.5 Å². The highest BCUT2D eigenvalue weighted by Gasteiger charge is 2.72. The first-order chi connectivity index (χ1) is 60.3. The number of carboxylic acid groups (broad SMARTS) is 3. The molecule has 9 fully saturated rings. The molecule has 3 heterocycles. The van der Waals surface area contributed by atoms with Gasteiger partial charge in [0, 0.05) is 85.3 Å². The van der Waals surface area contributed by atoms with Gasteiger partial charge < -0.3 is 60.9 Å². The zero-order valence-corrected chi connectivity index (χ0v) is 79.8. The van der Waals surface area contributed by atoms with Gasteiger partial charge in [-0.25, -0.2) is 4.39 Å². The molecule has 0 amide bonds. The number of rotatable bonds is 6. The first kappa shape index (κ1) is 88.6. The highest BCUT2D eigenvalue weighted by atomic mass is 19.1. The number of aryl methyl sites for hydroxylation is 2. The van der Waals surface area contributed by atoms with Gasteiger partial charge in [-0.15, -0.1) is 0 Å². The van der Waals surface area contributed by atoms with E-state index < -0.39 is 34.2 Å². The largest absolute Gasteiger partial charge is 0.504 e. The number of aliphatic carboxylic acids is 3. The Morgan fingerprint density at radius 2 is 0.674 bits per heavy atom. The molecule has 0 unspecified atom stereocenters. The van der Waals surface area contributed by atoms with Gasteiger partial charge in [0.2, 0.25) is 0 Å². The number of H-pyrrole nitrogens is 3. The maximum Gasteiger partial charge on any atom is 0.309 e. The van der Waals surface area contributed by atoms with Crippen LogP contribution in [0.5, 0.6) is 34.5 Å². The van der Waals surface area contributed by atoms with E-state index in [1.807, 2.05) is 59.9 Å². The highest BCUT2D eigenvalue weighted by molar-refractivity contribution is 5.90. The molecule has 129 heavy (non-hydrogen) atoms. The quantitative estimate of drug-likeness (QED) is 0.0547. The molecule has 15 nitrogen and oxygen atoms in total. The number of nitrogens with one attached hydrogen (secondary N) is 3. The molecule has 0 spiro atoms. The molecule has 21 atom stereocenters. The van der Waals surface area contributed by atoms with E-state index in [9.17, 15) is 64.7 Å². The van der Waals surface area contributed by atoms with Crippen LogP contribution in [0, 0.1) is 123 Å². The summed E-state index contributed by atoms with van der Waals surface area (Å²) in [5.41, 5.74) is 18.2. The second-order valence-electron chi connectivity index (χ2n) is 47.7. The van der Waals surface area contributed by atoms with Crippen LogP contribution < -0.4 is 0 Å². The Hall–Kier alpha value is -9.70. The van der Waals surface area contributed by atoms with E-state index in [2.05, 4.69) is 179 Å². The third-order valence-electron chi connectivity index (χ3n) is 41.4. The lowest BCUT2D eigenvalue weighted by molar-refractivity contribution is -0.177. The van der Waals surface area contributed by atoms with E-state index in [1.165, 1.54) is 55.8 Å². The number of carboxylic acids is 3. The Morgan fingerprint density at radius 3 is 1.02 bits per heavy atom. The van der Waals surface area contributed by atoms with Crippen LogP contribution in [0.3, 0.4) is 0 Å². The molecule has 16 heteroatoms. The van der Waals surface area contributed by atoms with Gasteiger partial charge >= 0.3 is 17.9 Å². The number of allylic oxidation sites excluding steroid dienone is 6. The SMILES string of the molecule is Cc1c(O)c(O)cc2c1[C@H](c1c[nH]c3c(C)cccc13)C=C1[C@@]2(C)CC[C@@]2(C)[C@@H]3C[C@](C)(C(=O)O)CC[C@]3(C)CC[C@]12C.Cc1c(O)c(O)cc2c1[C@H](c1c[nH]c3ccc(F)cc13)C=C1[C@@]2(C)CC[C@@]2(C)[C@@H]3C[C@](C)(C(=O)O)CC[C@]3(C)CC[C@]12C.Cc1ccc2[nH]cc([C@@H]3C=C4[C@@](C)(CC[C@@]5(C)[C@@H]6C[C@](C)(C(=O)O)CC[C@]6(C)CC[C@]45C)c4cc(O)c(O)c(C)c43)c2c1. The average molecular weight is 1750 g/mol. The number of fused-ring (bicyclic) bond motifs is 24. The van der Waals surface area contributed by atoms with E-state index in [0.717, 1.165) is 200 Å². The zero-order valence-electron chi connectivity index (χ0n) is 79.8. The first-order valence-corrected chi connectivity index (χ1v) is 48.2. The molecule has 0 bridgehead atoms. The predicted molar refractivity (Wildman–Crippen MR) is 507 cm³/mol. The summed E-state index contributed by atoms with van der Waals surface area (Å²) < 4.78 is 14.6. The summed E-state index contributed by atoms with van der Waals surface area (Å²) in [6, 6.07) is 23.2. The molecular weight excluding hydrogens is 1610 g/mol. The molecule has 3 aromatic heterocycles. The fourth-order valence-corrected chi connectivity index (χ4v) is 32.0. The molecule has 0 radical (unpaired) electrons. The Kier molecular flexibility index (Phi) is 19.5. The van der Waals surface area contributed by atoms with Gasteiger partial charge in [0.1, 0.15) is 5.82 Å². The molecule has 12 N–H and O–H groups in total. The number of carbonyl (C=O) groups is 3. The van der Waals surface area contributed by atoms with Gasteiger partial charge in [-0.1, -0.05) is 148 Å². The molecule has 0 aliphatic heterocycles. The molecule has 0 saturated heterocycles. The number of hydrogen-bond donors (Lipinski definition) is 12. The molecule has 12 aliphatic carbocycles. The highest BCUT2D eigenvalue weighted by Crippen LogP contribution is 2.80. The number of benzene rings is 6. The summed E-state index contributed by atoms with van der Waals surface area (Å²) in [6.07, 6.45) is 33.0. The van der Waals surface area contributed by atoms with Crippen LogP contribution in [0.25, 0.3) is 32.7 Å². The van der Waals surface area contributed by atoms with Crippen molar-refractivity contribution in [1.29, 1.82) is 0 Å². The summed E-state index contributed by atoms with van der Waals surface area (Å²) in [7, 11) is 0. The molecule has 9 saturated carbocycles. The number of phenolic OH excluding ortho intramolecular Hbond substituents is 6. The smallest absolute Gasteiger partial charge is 0.309 e. The van der Waals surface area contributed by atoms with Crippen molar-refractivity contribution in [2.45, 2.75) is 307 Å². The summed E-state index contributed by atoms with van der Waals surface area (Å²) in [6.45, 7) is 44.9. The number of hydrogen-bond acceptors (Lipinski definition) is 9. The van der Waals surface area contributed by atoms with Crippen molar-refractivity contribution < 1.29 is 64.7 Å². The third kappa shape index (κ3) is 11.9. The van der Waals surface area contributed by atoms with E-state index in [4.69, 9.17) is 0 Å². The summed E-state index contributed by atoms with van der Waals surface area (Å²) in [4.78, 5) is 48.0. The maximum absolute atomic E-state index is 14.6. The number of aromatic amines is 3. The minimum Gasteiger partial charge on any atom is -0.504 e. The van der Waals surface area contributed by atoms with Gasteiger partial charge in [-0.05, 0) is 378 Å². The number of para-hydroxylation sites is 1. The second-order valence-corrected chi connectivity index (χ2v) is 47.7.